The second kappa shape index (κ2) is 5.74. The highest BCUT2D eigenvalue weighted by Gasteiger charge is 2.41. The summed E-state index contributed by atoms with van der Waals surface area (Å²) in [7, 11) is -2.52. The van der Waals surface area contributed by atoms with Crippen molar-refractivity contribution in [1.29, 1.82) is 0 Å². The number of aromatic amines is 1. The Morgan fingerprint density at radius 1 is 1.39 bits per heavy atom. The van der Waals surface area contributed by atoms with Crippen LogP contribution in [0.2, 0.25) is 0 Å². The third kappa shape index (κ3) is 2.62. The third-order valence-electron chi connectivity index (χ3n) is 3.89. The van der Waals surface area contributed by atoms with E-state index in [2.05, 4.69) is 9.97 Å². The highest BCUT2D eigenvalue weighted by molar-refractivity contribution is 7.89. The molecule has 0 bridgehead atoms. The zero-order chi connectivity index (χ0) is 16.6. The Hall–Kier alpha value is -2.26. The Morgan fingerprint density at radius 2 is 2.13 bits per heavy atom. The minimum atomic E-state index is -3.85. The molecule has 2 aromatic rings. The molecule has 1 aliphatic rings. The Kier molecular flexibility index (Phi) is 3.90. The number of rotatable bonds is 4. The molecule has 23 heavy (non-hydrogen) atoms. The van der Waals surface area contributed by atoms with Crippen molar-refractivity contribution in [2.45, 2.75) is 17.5 Å². The summed E-state index contributed by atoms with van der Waals surface area (Å²) in [5.74, 6) is -0.957. The first-order chi connectivity index (χ1) is 10.9. The lowest BCUT2D eigenvalue weighted by molar-refractivity contribution is -0.120. The lowest BCUT2D eigenvalue weighted by atomic mass is 10.2. The summed E-state index contributed by atoms with van der Waals surface area (Å²) in [6.45, 7) is 0.257. The number of carbonyl (C=O) groups excluding carboxylic acids is 1. The van der Waals surface area contributed by atoms with Crippen molar-refractivity contribution < 1.29 is 17.6 Å². The third-order valence-corrected chi connectivity index (χ3v) is 5.68. The molecule has 1 unspecified atom stereocenters. The van der Waals surface area contributed by atoms with Gasteiger partial charge in [0.1, 0.15) is 11.9 Å². The lowest BCUT2D eigenvalue weighted by Crippen LogP contribution is -2.43. The number of benzene rings is 1. The van der Waals surface area contributed by atoms with Gasteiger partial charge < -0.3 is 9.88 Å². The topological polar surface area (TPSA) is 86.4 Å². The number of likely N-dealkylation sites (N-methyl/N-ethyl adjacent to an activating group) is 1. The lowest BCUT2D eigenvalue weighted by Gasteiger charge is -2.23. The monoisotopic (exact) mass is 338 g/mol. The molecular weight excluding hydrogens is 323 g/mol. The predicted octanol–water partition coefficient (Wildman–Crippen LogP) is 0.975. The smallest absolute Gasteiger partial charge is 0.260 e. The Balaban J connectivity index is 1.86. The molecule has 0 saturated carbocycles. The highest BCUT2D eigenvalue weighted by Crippen LogP contribution is 2.28. The minimum absolute atomic E-state index is 0.0860. The summed E-state index contributed by atoms with van der Waals surface area (Å²) in [5.41, 5.74) is 0.160. The molecular formula is C14H15FN4O3S. The Morgan fingerprint density at radius 3 is 2.78 bits per heavy atom. The number of amides is 1. The van der Waals surface area contributed by atoms with Crippen molar-refractivity contribution in [3.63, 3.8) is 0 Å². The molecule has 1 amide bonds. The summed E-state index contributed by atoms with van der Waals surface area (Å²) in [5, 5.41) is -0.0860. The number of imidazole rings is 1. The molecule has 0 aliphatic carbocycles. The molecule has 1 atom stereocenters. The molecule has 1 aromatic heterocycles. The van der Waals surface area contributed by atoms with E-state index < -0.39 is 27.8 Å². The fourth-order valence-corrected chi connectivity index (χ4v) is 3.86. The molecule has 7 nitrogen and oxygen atoms in total. The molecule has 1 N–H and O–H groups in total. The fraction of sp³-hybridized carbons (Fsp3) is 0.286. The average molecular weight is 338 g/mol. The van der Waals surface area contributed by atoms with E-state index in [-0.39, 0.29) is 23.7 Å². The van der Waals surface area contributed by atoms with E-state index in [1.54, 1.807) is 6.07 Å². The van der Waals surface area contributed by atoms with Crippen LogP contribution in [0.1, 0.15) is 6.42 Å². The van der Waals surface area contributed by atoms with Crippen molar-refractivity contribution in [1.82, 2.24) is 14.3 Å². The zero-order valence-corrected chi connectivity index (χ0v) is 13.1. The van der Waals surface area contributed by atoms with Crippen LogP contribution < -0.4 is 4.90 Å². The second-order valence-corrected chi connectivity index (χ2v) is 7.15. The number of halogens is 1. The van der Waals surface area contributed by atoms with Gasteiger partial charge in [-0.25, -0.2) is 17.8 Å². The molecule has 2 heterocycles. The van der Waals surface area contributed by atoms with Gasteiger partial charge in [-0.3, -0.25) is 4.79 Å². The van der Waals surface area contributed by atoms with E-state index in [1.165, 1.54) is 42.7 Å². The first-order valence-electron chi connectivity index (χ1n) is 6.95. The van der Waals surface area contributed by atoms with E-state index in [9.17, 15) is 17.6 Å². The van der Waals surface area contributed by atoms with Gasteiger partial charge in [0.05, 0.1) is 18.2 Å². The zero-order valence-electron chi connectivity index (χ0n) is 12.3. The number of nitrogens with zero attached hydrogens (tertiary/aromatic N) is 3. The van der Waals surface area contributed by atoms with Gasteiger partial charge in [-0.15, -0.1) is 0 Å². The van der Waals surface area contributed by atoms with Gasteiger partial charge in [0, 0.05) is 13.6 Å². The van der Waals surface area contributed by atoms with Crippen LogP contribution in [0.25, 0.3) is 0 Å². The summed E-state index contributed by atoms with van der Waals surface area (Å²) in [6.07, 6.45) is 2.72. The number of para-hydroxylation sites is 1. The first-order valence-corrected chi connectivity index (χ1v) is 8.39. The van der Waals surface area contributed by atoms with Crippen molar-refractivity contribution in [3.8, 4) is 0 Å². The maximum absolute atomic E-state index is 13.9. The fourth-order valence-electron chi connectivity index (χ4n) is 2.62. The van der Waals surface area contributed by atoms with E-state index in [4.69, 9.17) is 0 Å². The van der Waals surface area contributed by atoms with Gasteiger partial charge in [-0.2, -0.15) is 4.31 Å². The molecule has 9 heteroatoms. The molecule has 1 aromatic carbocycles. The summed E-state index contributed by atoms with van der Waals surface area (Å²) < 4.78 is 39.8. The quantitative estimate of drug-likeness (QED) is 0.900. The van der Waals surface area contributed by atoms with Crippen molar-refractivity contribution >= 4 is 21.6 Å². The van der Waals surface area contributed by atoms with Crippen LogP contribution in [0.15, 0.2) is 41.8 Å². The Labute approximate surface area is 132 Å². The number of hydrogen-bond donors (Lipinski definition) is 1. The summed E-state index contributed by atoms with van der Waals surface area (Å²) >= 11 is 0. The maximum atomic E-state index is 13.9. The first kappa shape index (κ1) is 15.6. The molecule has 3 rings (SSSR count). The van der Waals surface area contributed by atoms with E-state index >= 15 is 0 Å². The summed E-state index contributed by atoms with van der Waals surface area (Å²) in [6, 6.07) is 5.05. The van der Waals surface area contributed by atoms with Crippen LogP contribution in [-0.2, 0) is 14.8 Å². The number of nitrogens with one attached hydrogen (secondary N) is 1. The summed E-state index contributed by atoms with van der Waals surface area (Å²) in [4.78, 5) is 20.0. The van der Waals surface area contributed by atoms with Crippen LogP contribution in [0.5, 0.6) is 0 Å². The number of aromatic nitrogens is 2. The van der Waals surface area contributed by atoms with Gasteiger partial charge in [-0.05, 0) is 18.6 Å². The van der Waals surface area contributed by atoms with Crippen LogP contribution in [0.3, 0.4) is 0 Å². The van der Waals surface area contributed by atoms with E-state index in [0.29, 0.717) is 0 Å². The number of hydrogen-bond acceptors (Lipinski definition) is 4. The molecule has 0 spiro atoms. The maximum Gasteiger partial charge on any atom is 0.260 e. The van der Waals surface area contributed by atoms with Crippen LogP contribution in [0.4, 0.5) is 10.1 Å². The Bertz CT molecular complexity index is 822. The minimum Gasteiger partial charge on any atom is -0.335 e. The molecule has 0 radical (unpaired) electrons. The van der Waals surface area contributed by atoms with Crippen molar-refractivity contribution in [2.24, 2.45) is 0 Å². The molecule has 122 valence electrons. The van der Waals surface area contributed by atoms with E-state index in [0.717, 1.165) is 4.31 Å². The van der Waals surface area contributed by atoms with Gasteiger partial charge in [-0.1, -0.05) is 12.1 Å². The number of H-pyrrole nitrogens is 1. The molecule has 1 fully saturated rings. The number of sulfonamides is 1. The predicted molar refractivity (Wildman–Crippen MR) is 80.7 cm³/mol. The van der Waals surface area contributed by atoms with Gasteiger partial charge in [0.25, 0.3) is 10.0 Å². The number of carbonyl (C=O) groups is 1. The van der Waals surface area contributed by atoms with Gasteiger partial charge >= 0.3 is 0 Å². The van der Waals surface area contributed by atoms with Crippen LogP contribution >= 0.6 is 0 Å². The van der Waals surface area contributed by atoms with Crippen molar-refractivity contribution in [2.75, 3.05) is 18.5 Å². The van der Waals surface area contributed by atoms with Crippen LogP contribution in [0, 0.1) is 5.82 Å². The standard InChI is InChI=1S/C14H15FN4O3S/c1-18(23(21,22)13-8-16-9-17-13)12-6-7-19(14(12)20)11-5-3-2-4-10(11)15/h2-5,8-9,12H,6-7H2,1H3,(H,16,17). The van der Waals surface area contributed by atoms with Gasteiger partial charge in [0.15, 0.2) is 5.03 Å². The van der Waals surface area contributed by atoms with Crippen molar-refractivity contribution in [3.05, 3.63) is 42.6 Å². The molecule has 1 saturated heterocycles. The van der Waals surface area contributed by atoms with Crippen LogP contribution in [-0.4, -0.2) is 48.2 Å². The largest absolute Gasteiger partial charge is 0.335 e. The normalized spacial score (nSPS) is 18.8. The van der Waals surface area contributed by atoms with E-state index in [1.807, 2.05) is 0 Å². The average Bonchev–Trinajstić information content (AvgIpc) is 3.17. The SMILES string of the molecule is CN(C1CCN(c2ccccc2F)C1=O)S(=O)(=O)c1cnc[nH]1. The number of anilines is 1. The second-order valence-electron chi connectivity index (χ2n) is 5.18. The molecule has 1 aliphatic heterocycles. The van der Waals surface area contributed by atoms with Gasteiger partial charge in [0.2, 0.25) is 5.91 Å². The highest BCUT2D eigenvalue weighted by atomic mass is 32.2.